The predicted molar refractivity (Wildman–Crippen MR) is 95.3 cm³/mol. The first kappa shape index (κ1) is 16.8. The summed E-state index contributed by atoms with van der Waals surface area (Å²) in [4.78, 5) is 13.3. The van der Waals surface area contributed by atoms with Gasteiger partial charge in [0.05, 0.1) is 23.2 Å². The second-order valence-electron chi connectivity index (χ2n) is 11.1. The van der Waals surface area contributed by atoms with Crippen molar-refractivity contribution in [3.05, 3.63) is 12.3 Å². The maximum atomic E-state index is 13.3. The van der Waals surface area contributed by atoms with E-state index in [1.165, 1.54) is 6.92 Å². The fourth-order valence-electron chi connectivity index (χ4n) is 9.42. The van der Waals surface area contributed by atoms with Gasteiger partial charge in [-0.15, -0.1) is 0 Å². The minimum absolute atomic E-state index is 0.00331. The number of hydrogen-bond donors (Lipinski definition) is 2. The van der Waals surface area contributed by atoms with Gasteiger partial charge >= 0.3 is 0 Å². The van der Waals surface area contributed by atoms with E-state index in [1.54, 1.807) is 0 Å². The predicted octanol–water partition coefficient (Wildman–Crippen LogP) is 1.60. The molecule has 8 aliphatic rings. The van der Waals surface area contributed by atoms with E-state index in [0.717, 1.165) is 19.3 Å². The van der Waals surface area contributed by atoms with Gasteiger partial charge in [-0.25, -0.2) is 0 Å². The summed E-state index contributed by atoms with van der Waals surface area (Å²) in [6.07, 6.45) is 0.640. The fraction of sp³-hybridized carbons (Fsp3) is 0.864. The van der Waals surface area contributed by atoms with Gasteiger partial charge in [-0.05, 0) is 49.4 Å². The SMILES string of the molecule is C=C1O[C@H]2[C@H]1CC[C@@H]1C2(C(C)=O)[C@@]2(O)OC3OC4C5C[C@@H]5C(C)(C)[C@@H]([C@@H]2O)[C@@]341. The van der Waals surface area contributed by atoms with Crippen LogP contribution in [0.2, 0.25) is 0 Å². The van der Waals surface area contributed by atoms with Gasteiger partial charge in [0, 0.05) is 5.92 Å². The Bertz CT molecular complexity index is 852. The Kier molecular flexibility index (Phi) is 2.55. The lowest BCUT2D eigenvalue weighted by atomic mass is 9.32. The third kappa shape index (κ3) is 1.24. The molecule has 4 aliphatic carbocycles. The van der Waals surface area contributed by atoms with Gasteiger partial charge < -0.3 is 24.4 Å². The molecule has 2 N–H and O–H groups in total. The van der Waals surface area contributed by atoms with Crippen molar-refractivity contribution in [2.75, 3.05) is 0 Å². The van der Waals surface area contributed by atoms with Crippen LogP contribution in [0.25, 0.3) is 0 Å². The molecule has 8 fully saturated rings. The molecule has 0 radical (unpaired) electrons. The molecule has 12 atom stereocenters. The number of carbonyl (C=O) groups excluding carboxylic acids is 1. The molecule has 2 bridgehead atoms. The van der Waals surface area contributed by atoms with E-state index in [1.807, 2.05) is 0 Å². The maximum absolute atomic E-state index is 13.3. The van der Waals surface area contributed by atoms with Crippen molar-refractivity contribution in [2.45, 2.75) is 70.4 Å². The maximum Gasteiger partial charge on any atom is 0.211 e. The van der Waals surface area contributed by atoms with E-state index in [9.17, 15) is 15.0 Å². The molecule has 6 heteroatoms. The number of ketones is 1. The number of ether oxygens (including phenoxy) is 3. The normalized spacial score (nSPS) is 66.2. The summed E-state index contributed by atoms with van der Waals surface area (Å²) in [5, 5.41) is 23.6. The molecular weight excluding hydrogens is 360 g/mol. The molecule has 0 aromatic carbocycles. The highest BCUT2D eigenvalue weighted by atomic mass is 16.8. The average Bonchev–Trinajstić information content (AvgIpc) is 3.38. The lowest BCUT2D eigenvalue weighted by Crippen LogP contribution is -2.93. The summed E-state index contributed by atoms with van der Waals surface area (Å²) in [6, 6.07) is 0. The van der Waals surface area contributed by atoms with Crippen molar-refractivity contribution in [1.82, 2.24) is 0 Å². The van der Waals surface area contributed by atoms with E-state index in [4.69, 9.17) is 14.2 Å². The molecular formula is C22H28O6. The topological polar surface area (TPSA) is 85.2 Å². The molecule has 1 spiro atoms. The summed E-state index contributed by atoms with van der Waals surface area (Å²) in [5.74, 6) is -0.714. The van der Waals surface area contributed by atoms with Gasteiger partial charge in [0.15, 0.2) is 6.29 Å². The number of carbonyl (C=O) groups is 1. The van der Waals surface area contributed by atoms with Crippen molar-refractivity contribution < 1.29 is 29.2 Å². The van der Waals surface area contributed by atoms with Crippen molar-refractivity contribution in [3.8, 4) is 0 Å². The van der Waals surface area contributed by atoms with Crippen LogP contribution in [0.3, 0.4) is 0 Å². The molecule has 28 heavy (non-hydrogen) atoms. The molecule has 6 nitrogen and oxygen atoms in total. The Balaban J connectivity index is 1.51. The monoisotopic (exact) mass is 388 g/mol. The van der Waals surface area contributed by atoms with Crippen molar-refractivity contribution in [3.63, 3.8) is 0 Å². The van der Waals surface area contributed by atoms with Crippen molar-refractivity contribution >= 4 is 5.78 Å². The number of rotatable bonds is 1. The molecule has 0 amide bonds. The fourth-order valence-corrected chi connectivity index (χ4v) is 9.42. The third-order valence-corrected chi connectivity index (χ3v) is 10.3. The molecule has 8 rings (SSSR count). The minimum atomic E-state index is -1.99. The Labute approximate surface area is 164 Å². The lowest BCUT2D eigenvalue weighted by molar-refractivity contribution is -0.571. The summed E-state index contributed by atoms with van der Waals surface area (Å²) < 4.78 is 18.3. The van der Waals surface area contributed by atoms with Gasteiger partial charge in [-0.2, -0.15) is 0 Å². The average molecular weight is 388 g/mol. The zero-order chi connectivity index (χ0) is 19.6. The Morgan fingerprint density at radius 1 is 1.25 bits per heavy atom. The standard InChI is InChI=1S/C22H28O6/c1-8-10-5-6-13-20-14-15(24)22(25,21(13,9(2)23)17(10)26-8)28-18(20)27-16(20)11-7-12(11)19(14,3)4/h10-18,24-25H,1,5-7H2,2-4H3/t10-,11?,12-,13-,14+,15-,16?,17-,18?,20+,21?,22-/m0/s1. The Morgan fingerprint density at radius 2 is 2.00 bits per heavy atom. The number of Topliss-reactive ketones (excluding diaryl/α,β-unsaturated/α-hetero) is 1. The van der Waals surface area contributed by atoms with Crippen LogP contribution < -0.4 is 0 Å². The molecule has 152 valence electrons. The number of fused-ring (bicyclic) bond motifs is 3. The van der Waals surface area contributed by atoms with Crippen LogP contribution in [0.4, 0.5) is 0 Å². The zero-order valence-electron chi connectivity index (χ0n) is 16.6. The van der Waals surface area contributed by atoms with Crippen LogP contribution >= 0.6 is 0 Å². The largest absolute Gasteiger partial charge is 0.493 e. The summed E-state index contributed by atoms with van der Waals surface area (Å²) in [7, 11) is 0. The molecule has 0 aromatic rings. The van der Waals surface area contributed by atoms with E-state index < -0.39 is 35.1 Å². The summed E-state index contributed by atoms with van der Waals surface area (Å²) in [6.45, 7) is 9.95. The first-order valence-electron chi connectivity index (χ1n) is 10.7. The number of hydrogen-bond acceptors (Lipinski definition) is 6. The highest BCUT2D eigenvalue weighted by molar-refractivity contribution is 5.86. The molecule has 4 saturated carbocycles. The zero-order valence-corrected chi connectivity index (χ0v) is 16.6. The van der Waals surface area contributed by atoms with Crippen LogP contribution in [0.1, 0.15) is 40.0 Å². The van der Waals surface area contributed by atoms with E-state index in [0.29, 0.717) is 17.6 Å². The van der Waals surface area contributed by atoms with E-state index in [-0.39, 0.29) is 35.1 Å². The lowest BCUT2D eigenvalue weighted by Gasteiger charge is -2.82. The van der Waals surface area contributed by atoms with Crippen LogP contribution in [0.15, 0.2) is 12.3 Å². The molecule has 4 heterocycles. The first-order valence-corrected chi connectivity index (χ1v) is 10.7. The molecule has 0 aromatic heterocycles. The molecule has 4 aliphatic heterocycles. The quantitative estimate of drug-likeness (QED) is 0.710. The van der Waals surface area contributed by atoms with E-state index in [2.05, 4.69) is 20.4 Å². The van der Waals surface area contributed by atoms with Gasteiger partial charge in [0.2, 0.25) is 5.79 Å². The summed E-state index contributed by atoms with van der Waals surface area (Å²) in [5.41, 5.74) is -1.82. The second kappa shape index (κ2) is 4.25. The minimum Gasteiger partial charge on any atom is -0.493 e. The van der Waals surface area contributed by atoms with Gasteiger partial charge in [-0.1, -0.05) is 20.4 Å². The Hall–Kier alpha value is -0.950. The summed E-state index contributed by atoms with van der Waals surface area (Å²) >= 11 is 0. The Morgan fingerprint density at radius 3 is 2.68 bits per heavy atom. The van der Waals surface area contributed by atoms with Crippen LogP contribution in [0, 0.1) is 45.8 Å². The smallest absolute Gasteiger partial charge is 0.211 e. The molecule has 4 saturated heterocycles. The highest BCUT2D eigenvalue weighted by Gasteiger charge is 2.93. The molecule has 4 unspecified atom stereocenters. The number of aliphatic hydroxyl groups is 2. The third-order valence-electron chi connectivity index (χ3n) is 10.3. The van der Waals surface area contributed by atoms with Crippen LogP contribution in [-0.4, -0.2) is 46.4 Å². The van der Waals surface area contributed by atoms with Crippen molar-refractivity contribution in [1.29, 1.82) is 0 Å². The number of aliphatic hydroxyl groups excluding tert-OH is 1. The van der Waals surface area contributed by atoms with E-state index >= 15 is 0 Å². The second-order valence-corrected chi connectivity index (χ2v) is 11.1. The van der Waals surface area contributed by atoms with Crippen LogP contribution in [-0.2, 0) is 19.0 Å². The van der Waals surface area contributed by atoms with Gasteiger partial charge in [-0.3, -0.25) is 4.79 Å². The first-order chi connectivity index (χ1) is 13.1. The van der Waals surface area contributed by atoms with Gasteiger partial charge in [0.1, 0.15) is 23.4 Å². The van der Waals surface area contributed by atoms with Gasteiger partial charge in [0.25, 0.3) is 0 Å². The highest BCUT2D eigenvalue weighted by Crippen LogP contribution is 2.84. The van der Waals surface area contributed by atoms with Crippen molar-refractivity contribution in [2.24, 2.45) is 45.8 Å². The van der Waals surface area contributed by atoms with Crippen LogP contribution in [0.5, 0.6) is 0 Å².